The second-order valence-electron chi connectivity index (χ2n) is 4.18. The molecule has 2 rings (SSSR count). The minimum Gasteiger partial charge on any atom is -0.386 e. The first-order valence-corrected chi connectivity index (χ1v) is 6.28. The summed E-state index contributed by atoms with van der Waals surface area (Å²) in [6.07, 6.45) is 0.0917. The zero-order valence-electron chi connectivity index (χ0n) is 9.89. The lowest BCUT2D eigenvalue weighted by Crippen LogP contribution is -2.07. The van der Waals surface area contributed by atoms with Gasteiger partial charge in [0.1, 0.15) is 0 Å². The highest BCUT2D eigenvalue weighted by Gasteiger charge is 2.13. The van der Waals surface area contributed by atoms with Gasteiger partial charge in [-0.3, -0.25) is 4.68 Å². The number of nitrogens with zero attached hydrogens (tertiary/aromatic N) is 2. The van der Waals surface area contributed by atoms with Gasteiger partial charge in [-0.2, -0.15) is 5.10 Å². The normalized spacial score (nSPS) is 12.7. The van der Waals surface area contributed by atoms with Crippen molar-refractivity contribution in [1.29, 1.82) is 0 Å². The number of benzene rings is 1. The summed E-state index contributed by atoms with van der Waals surface area (Å²) in [7, 11) is 1.85. The van der Waals surface area contributed by atoms with Crippen LogP contribution in [-0.2, 0) is 13.5 Å². The van der Waals surface area contributed by atoms with Crippen LogP contribution in [0.2, 0.25) is 0 Å². The summed E-state index contributed by atoms with van der Waals surface area (Å²) in [5.74, 6) is 0. The third-order valence-corrected chi connectivity index (χ3v) is 3.25. The molecule has 0 saturated heterocycles. The van der Waals surface area contributed by atoms with E-state index in [9.17, 15) is 5.11 Å². The molecule has 1 aromatic heterocycles. The lowest BCUT2D eigenvalue weighted by Gasteiger charge is -2.11. The Bertz CT molecular complexity index is 505. The quantitative estimate of drug-likeness (QED) is 0.945. The lowest BCUT2D eigenvalue weighted by atomic mass is 10.1. The number of aryl methyl sites for hydroxylation is 2. The maximum Gasteiger partial charge on any atom is 0.0996 e. The number of aliphatic hydroxyl groups is 1. The van der Waals surface area contributed by atoms with Crippen LogP contribution in [0.15, 0.2) is 34.8 Å². The van der Waals surface area contributed by atoms with E-state index in [0.29, 0.717) is 6.42 Å². The highest BCUT2D eigenvalue weighted by molar-refractivity contribution is 9.10. The van der Waals surface area contributed by atoms with E-state index in [1.165, 1.54) is 0 Å². The average molecular weight is 295 g/mol. The Balaban J connectivity index is 2.14. The molecule has 90 valence electrons. The Morgan fingerprint density at radius 2 is 2.00 bits per heavy atom. The van der Waals surface area contributed by atoms with E-state index in [1.54, 1.807) is 4.68 Å². The molecule has 0 saturated carbocycles. The molecule has 0 aliphatic heterocycles. The van der Waals surface area contributed by atoms with Crippen LogP contribution in [-0.4, -0.2) is 14.9 Å². The van der Waals surface area contributed by atoms with E-state index >= 15 is 0 Å². The molecule has 1 unspecified atom stereocenters. The van der Waals surface area contributed by atoms with Crippen LogP contribution < -0.4 is 0 Å². The highest BCUT2D eigenvalue weighted by Crippen LogP contribution is 2.20. The van der Waals surface area contributed by atoms with E-state index in [4.69, 9.17) is 0 Å². The predicted octanol–water partition coefficient (Wildman–Crippen LogP) is 2.77. The van der Waals surface area contributed by atoms with Gasteiger partial charge in [0.05, 0.1) is 17.5 Å². The number of aliphatic hydroxyl groups excluding tert-OH is 1. The van der Waals surface area contributed by atoms with Gasteiger partial charge >= 0.3 is 0 Å². The molecule has 0 bridgehead atoms. The first kappa shape index (κ1) is 12.3. The van der Waals surface area contributed by atoms with Crippen molar-refractivity contribution in [3.05, 3.63) is 51.8 Å². The second kappa shape index (κ2) is 5.02. The summed E-state index contributed by atoms with van der Waals surface area (Å²) in [5, 5.41) is 14.4. The molecule has 17 heavy (non-hydrogen) atoms. The fraction of sp³-hybridized carbons (Fsp3) is 0.308. The van der Waals surface area contributed by atoms with Crippen LogP contribution in [0.25, 0.3) is 0 Å². The molecule has 1 atom stereocenters. The van der Waals surface area contributed by atoms with E-state index in [2.05, 4.69) is 21.0 Å². The largest absolute Gasteiger partial charge is 0.386 e. The third-order valence-electron chi connectivity index (χ3n) is 2.72. The molecule has 2 aromatic rings. The summed E-state index contributed by atoms with van der Waals surface area (Å²) in [4.78, 5) is 0. The zero-order valence-corrected chi connectivity index (χ0v) is 11.5. The minimum atomic E-state index is -0.512. The number of halogens is 1. The molecule has 1 heterocycles. The Labute approximate surface area is 109 Å². The number of aromatic nitrogens is 2. The van der Waals surface area contributed by atoms with E-state index in [0.717, 1.165) is 21.4 Å². The van der Waals surface area contributed by atoms with Crippen molar-refractivity contribution in [2.75, 3.05) is 0 Å². The number of hydrogen-bond acceptors (Lipinski definition) is 2. The highest BCUT2D eigenvalue weighted by atomic mass is 79.9. The first-order chi connectivity index (χ1) is 8.06. The van der Waals surface area contributed by atoms with E-state index in [-0.39, 0.29) is 0 Å². The van der Waals surface area contributed by atoms with Gasteiger partial charge < -0.3 is 5.11 Å². The van der Waals surface area contributed by atoms with Gasteiger partial charge in [0.2, 0.25) is 0 Å². The van der Waals surface area contributed by atoms with Gasteiger partial charge in [0, 0.05) is 17.9 Å². The van der Waals surface area contributed by atoms with Crippen molar-refractivity contribution < 1.29 is 5.11 Å². The first-order valence-electron chi connectivity index (χ1n) is 5.49. The summed E-state index contributed by atoms with van der Waals surface area (Å²) in [5.41, 5.74) is 2.89. The van der Waals surface area contributed by atoms with Crippen LogP contribution in [0.3, 0.4) is 0 Å². The van der Waals surface area contributed by atoms with Crippen LogP contribution >= 0.6 is 15.9 Å². The summed E-state index contributed by atoms with van der Waals surface area (Å²) in [6.45, 7) is 1.93. The second-order valence-corrected chi connectivity index (χ2v) is 5.10. The molecule has 3 nitrogen and oxygen atoms in total. The average Bonchev–Trinajstić information content (AvgIpc) is 2.61. The minimum absolute atomic E-state index is 0.512. The van der Waals surface area contributed by atoms with Gasteiger partial charge in [-0.05, 0) is 30.7 Å². The molecule has 0 amide bonds. The van der Waals surface area contributed by atoms with Gasteiger partial charge in [0.25, 0.3) is 0 Å². The molecule has 1 aromatic carbocycles. The maximum absolute atomic E-state index is 10.2. The predicted molar refractivity (Wildman–Crippen MR) is 70.8 cm³/mol. The molecule has 1 N–H and O–H groups in total. The Kier molecular flexibility index (Phi) is 3.64. The van der Waals surface area contributed by atoms with Crippen molar-refractivity contribution >= 4 is 15.9 Å². The topological polar surface area (TPSA) is 38.0 Å². The lowest BCUT2D eigenvalue weighted by molar-refractivity contribution is 0.168. The van der Waals surface area contributed by atoms with Crippen molar-refractivity contribution in [3.63, 3.8) is 0 Å². The maximum atomic E-state index is 10.2. The summed E-state index contributed by atoms with van der Waals surface area (Å²) in [6, 6.07) is 9.91. The smallest absolute Gasteiger partial charge is 0.0996 e. The molecular formula is C13H15BrN2O. The molecular weight excluding hydrogens is 280 g/mol. The molecule has 0 spiro atoms. The Morgan fingerprint density at radius 1 is 1.35 bits per heavy atom. The van der Waals surface area contributed by atoms with Crippen LogP contribution in [0, 0.1) is 6.92 Å². The Morgan fingerprint density at radius 3 is 2.53 bits per heavy atom. The molecule has 0 radical (unpaired) electrons. The summed E-state index contributed by atoms with van der Waals surface area (Å²) >= 11 is 3.39. The fourth-order valence-corrected chi connectivity index (χ4v) is 2.16. The number of rotatable bonds is 3. The fourth-order valence-electron chi connectivity index (χ4n) is 1.89. The van der Waals surface area contributed by atoms with Crippen LogP contribution in [0.5, 0.6) is 0 Å². The van der Waals surface area contributed by atoms with Crippen molar-refractivity contribution in [2.24, 2.45) is 7.05 Å². The number of hydrogen-bond donors (Lipinski definition) is 1. The molecule has 4 heteroatoms. The van der Waals surface area contributed by atoms with Crippen molar-refractivity contribution in [1.82, 2.24) is 9.78 Å². The van der Waals surface area contributed by atoms with E-state index < -0.39 is 6.10 Å². The van der Waals surface area contributed by atoms with Crippen molar-refractivity contribution in [2.45, 2.75) is 19.4 Å². The van der Waals surface area contributed by atoms with Crippen LogP contribution in [0.4, 0.5) is 0 Å². The zero-order chi connectivity index (χ0) is 12.4. The summed E-state index contributed by atoms with van der Waals surface area (Å²) < 4.78 is 2.78. The molecule has 0 aliphatic carbocycles. The third kappa shape index (κ3) is 2.96. The molecule has 0 fully saturated rings. The van der Waals surface area contributed by atoms with Crippen LogP contribution in [0.1, 0.15) is 23.1 Å². The Hall–Kier alpha value is -1.13. The SMILES string of the molecule is Cc1cc(C(O)Cc2ccc(Br)cc2)n(C)n1. The van der Waals surface area contributed by atoms with Gasteiger partial charge in [-0.1, -0.05) is 28.1 Å². The standard InChI is InChI=1S/C13H15BrN2O/c1-9-7-12(16(2)15-9)13(17)8-10-3-5-11(14)6-4-10/h3-7,13,17H,8H2,1-2H3. The molecule has 0 aliphatic rings. The van der Waals surface area contributed by atoms with Crippen molar-refractivity contribution in [3.8, 4) is 0 Å². The monoisotopic (exact) mass is 294 g/mol. The van der Waals surface area contributed by atoms with Gasteiger partial charge in [0.15, 0.2) is 0 Å². The van der Waals surface area contributed by atoms with Gasteiger partial charge in [-0.25, -0.2) is 0 Å². The van der Waals surface area contributed by atoms with E-state index in [1.807, 2.05) is 44.3 Å². The van der Waals surface area contributed by atoms with Gasteiger partial charge in [-0.15, -0.1) is 0 Å².